The number of halogens is 2. The van der Waals surface area contributed by atoms with Crippen LogP contribution < -0.4 is 5.32 Å². The zero-order valence-electron chi connectivity index (χ0n) is 14.5. The van der Waals surface area contributed by atoms with Crippen molar-refractivity contribution in [1.29, 1.82) is 0 Å². The Labute approximate surface area is 166 Å². The highest BCUT2D eigenvalue weighted by Gasteiger charge is 2.49. The highest BCUT2D eigenvalue weighted by Crippen LogP contribution is 2.34. The standard InChI is InChI=1S/C21H16Cl2N2O2/c1-21(16-8-4-6-14-5-2-3-7-15(14)16)19(26)25(20(27)24-21)12-13-9-10-17(22)18(23)11-13/h2-11H,12H2,1H3,(H,24,27)/t21-/m0/s1. The summed E-state index contributed by atoms with van der Waals surface area (Å²) in [7, 11) is 0. The fourth-order valence-electron chi connectivity index (χ4n) is 3.51. The van der Waals surface area contributed by atoms with Crippen LogP contribution >= 0.6 is 23.2 Å². The van der Waals surface area contributed by atoms with Gasteiger partial charge in [-0.3, -0.25) is 9.69 Å². The van der Waals surface area contributed by atoms with Crippen LogP contribution in [0.3, 0.4) is 0 Å². The lowest BCUT2D eigenvalue weighted by Gasteiger charge is -2.24. The third-order valence-corrected chi connectivity index (χ3v) is 5.67. The molecule has 27 heavy (non-hydrogen) atoms. The second-order valence-corrected chi connectivity index (χ2v) is 7.54. The summed E-state index contributed by atoms with van der Waals surface area (Å²) in [5.41, 5.74) is 0.374. The monoisotopic (exact) mass is 398 g/mol. The largest absolute Gasteiger partial charge is 0.325 e. The fraction of sp³-hybridized carbons (Fsp3) is 0.143. The van der Waals surface area contributed by atoms with Gasteiger partial charge in [-0.05, 0) is 41.0 Å². The maximum Gasteiger partial charge on any atom is 0.325 e. The van der Waals surface area contributed by atoms with Gasteiger partial charge in [0.2, 0.25) is 0 Å². The number of hydrogen-bond acceptors (Lipinski definition) is 2. The zero-order valence-corrected chi connectivity index (χ0v) is 16.0. The molecule has 1 fully saturated rings. The first-order chi connectivity index (χ1) is 12.9. The van der Waals surface area contributed by atoms with E-state index in [9.17, 15) is 9.59 Å². The van der Waals surface area contributed by atoms with E-state index >= 15 is 0 Å². The zero-order chi connectivity index (χ0) is 19.2. The topological polar surface area (TPSA) is 49.4 Å². The molecule has 4 nitrogen and oxygen atoms in total. The van der Waals surface area contributed by atoms with Gasteiger partial charge in [-0.2, -0.15) is 0 Å². The Morgan fingerprint density at radius 2 is 1.70 bits per heavy atom. The Morgan fingerprint density at radius 3 is 2.48 bits per heavy atom. The molecule has 3 aromatic carbocycles. The van der Waals surface area contributed by atoms with Gasteiger partial charge in [0.1, 0.15) is 5.54 Å². The van der Waals surface area contributed by atoms with Gasteiger partial charge in [0.25, 0.3) is 5.91 Å². The van der Waals surface area contributed by atoms with E-state index in [-0.39, 0.29) is 12.5 Å². The molecular formula is C21H16Cl2N2O2. The lowest BCUT2D eigenvalue weighted by Crippen LogP contribution is -2.41. The molecule has 0 spiro atoms. The smallest absolute Gasteiger partial charge is 0.319 e. The van der Waals surface area contributed by atoms with Crippen LogP contribution in [0.2, 0.25) is 10.0 Å². The number of fused-ring (bicyclic) bond motifs is 1. The summed E-state index contributed by atoms with van der Waals surface area (Å²) in [6.07, 6.45) is 0. The van der Waals surface area contributed by atoms with Crippen molar-refractivity contribution in [1.82, 2.24) is 10.2 Å². The molecule has 0 unspecified atom stereocenters. The van der Waals surface area contributed by atoms with Gasteiger partial charge in [-0.15, -0.1) is 0 Å². The highest BCUT2D eigenvalue weighted by molar-refractivity contribution is 6.42. The van der Waals surface area contributed by atoms with Crippen LogP contribution in [0.4, 0.5) is 4.79 Å². The van der Waals surface area contributed by atoms with E-state index in [2.05, 4.69) is 5.32 Å². The van der Waals surface area contributed by atoms with E-state index in [1.54, 1.807) is 25.1 Å². The van der Waals surface area contributed by atoms with Crippen molar-refractivity contribution in [3.63, 3.8) is 0 Å². The maximum atomic E-state index is 13.2. The molecule has 1 aliphatic rings. The summed E-state index contributed by atoms with van der Waals surface area (Å²) >= 11 is 12.0. The molecular weight excluding hydrogens is 383 g/mol. The van der Waals surface area contributed by atoms with Crippen molar-refractivity contribution >= 4 is 45.9 Å². The second-order valence-electron chi connectivity index (χ2n) is 6.72. The van der Waals surface area contributed by atoms with Crippen LogP contribution in [0.1, 0.15) is 18.1 Å². The Kier molecular flexibility index (Phi) is 4.33. The van der Waals surface area contributed by atoms with E-state index in [0.717, 1.165) is 21.9 Å². The number of nitrogens with zero attached hydrogens (tertiary/aromatic N) is 1. The number of hydrogen-bond donors (Lipinski definition) is 1. The van der Waals surface area contributed by atoms with E-state index in [4.69, 9.17) is 23.2 Å². The van der Waals surface area contributed by atoms with E-state index < -0.39 is 11.6 Å². The van der Waals surface area contributed by atoms with Crippen molar-refractivity contribution in [2.75, 3.05) is 0 Å². The Morgan fingerprint density at radius 1 is 0.963 bits per heavy atom. The van der Waals surface area contributed by atoms with Crippen molar-refractivity contribution in [3.05, 3.63) is 81.8 Å². The number of amides is 3. The van der Waals surface area contributed by atoms with Crippen LogP contribution in [0.25, 0.3) is 10.8 Å². The molecule has 1 saturated heterocycles. The SMILES string of the molecule is C[C@@]1(c2cccc3ccccc23)NC(=O)N(Cc2ccc(Cl)c(Cl)c2)C1=O. The van der Waals surface area contributed by atoms with Gasteiger partial charge in [0.15, 0.2) is 0 Å². The molecule has 3 aromatic rings. The Balaban J connectivity index is 1.72. The normalized spacial score (nSPS) is 19.6. The minimum absolute atomic E-state index is 0.127. The van der Waals surface area contributed by atoms with Gasteiger partial charge >= 0.3 is 6.03 Å². The van der Waals surface area contributed by atoms with Crippen LogP contribution in [-0.4, -0.2) is 16.8 Å². The van der Waals surface area contributed by atoms with Gasteiger partial charge < -0.3 is 5.32 Å². The predicted octanol–water partition coefficient (Wildman–Crippen LogP) is 5.11. The van der Waals surface area contributed by atoms with Crippen molar-refractivity contribution in [3.8, 4) is 0 Å². The molecule has 0 aliphatic carbocycles. The van der Waals surface area contributed by atoms with Gasteiger partial charge in [-0.25, -0.2) is 4.79 Å². The first-order valence-electron chi connectivity index (χ1n) is 8.46. The summed E-state index contributed by atoms with van der Waals surface area (Å²) < 4.78 is 0. The number of carbonyl (C=O) groups excluding carboxylic acids is 2. The molecule has 1 heterocycles. The number of nitrogens with one attached hydrogen (secondary N) is 1. The minimum Gasteiger partial charge on any atom is -0.319 e. The summed E-state index contributed by atoms with van der Waals surface area (Å²) in [5.74, 6) is -0.296. The molecule has 6 heteroatoms. The number of benzene rings is 3. The first-order valence-corrected chi connectivity index (χ1v) is 9.22. The van der Waals surface area contributed by atoms with Gasteiger partial charge in [0, 0.05) is 0 Å². The lowest BCUT2D eigenvalue weighted by molar-refractivity contribution is -0.131. The van der Waals surface area contributed by atoms with Crippen LogP contribution in [0, 0.1) is 0 Å². The molecule has 3 amide bonds. The van der Waals surface area contributed by atoms with Crippen molar-refractivity contribution in [2.24, 2.45) is 0 Å². The molecule has 4 rings (SSSR count). The number of carbonyl (C=O) groups is 2. The molecule has 0 bridgehead atoms. The van der Waals surface area contributed by atoms with Crippen molar-refractivity contribution in [2.45, 2.75) is 19.0 Å². The van der Waals surface area contributed by atoms with Crippen LogP contribution in [0.15, 0.2) is 60.7 Å². The summed E-state index contributed by atoms with van der Waals surface area (Å²) in [5, 5.41) is 5.63. The fourth-order valence-corrected chi connectivity index (χ4v) is 3.83. The number of rotatable bonds is 3. The molecule has 1 atom stereocenters. The van der Waals surface area contributed by atoms with E-state index in [0.29, 0.717) is 10.0 Å². The summed E-state index contributed by atoms with van der Waals surface area (Å²) in [4.78, 5) is 27.0. The molecule has 1 aliphatic heterocycles. The van der Waals surface area contributed by atoms with E-state index in [1.807, 2.05) is 42.5 Å². The van der Waals surface area contributed by atoms with Crippen LogP contribution in [-0.2, 0) is 16.9 Å². The Bertz CT molecular complexity index is 1080. The predicted molar refractivity (Wildman–Crippen MR) is 107 cm³/mol. The first kappa shape index (κ1) is 17.8. The van der Waals surface area contributed by atoms with Gasteiger partial charge in [-0.1, -0.05) is 71.7 Å². The molecule has 0 aromatic heterocycles. The van der Waals surface area contributed by atoms with Crippen LogP contribution in [0.5, 0.6) is 0 Å². The van der Waals surface area contributed by atoms with Crippen molar-refractivity contribution < 1.29 is 9.59 Å². The molecule has 0 saturated carbocycles. The third-order valence-electron chi connectivity index (χ3n) is 4.93. The molecule has 136 valence electrons. The van der Waals surface area contributed by atoms with Gasteiger partial charge in [0.05, 0.1) is 16.6 Å². The average Bonchev–Trinajstić information content (AvgIpc) is 2.88. The maximum absolute atomic E-state index is 13.2. The lowest BCUT2D eigenvalue weighted by atomic mass is 9.88. The number of imide groups is 1. The molecule has 0 radical (unpaired) electrons. The average molecular weight is 399 g/mol. The molecule has 1 N–H and O–H groups in total. The summed E-state index contributed by atoms with van der Waals surface area (Å²) in [6.45, 7) is 1.87. The summed E-state index contributed by atoms with van der Waals surface area (Å²) in [6, 6.07) is 18.2. The minimum atomic E-state index is -1.13. The quantitative estimate of drug-likeness (QED) is 0.622. The van der Waals surface area contributed by atoms with E-state index in [1.165, 1.54) is 4.90 Å². The Hall–Kier alpha value is -2.56. The number of urea groups is 1. The highest BCUT2D eigenvalue weighted by atomic mass is 35.5. The second kappa shape index (κ2) is 6.55. The third kappa shape index (κ3) is 2.95.